The van der Waals surface area contributed by atoms with Crippen molar-refractivity contribution in [2.45, 2.75) is 55.4 Å². The van der Waals surface area contributed by atoms with Gasteiger partial charge in [-0.25, -0.2) is 0 Å². The van der Waals surface area contributed by atoms with Gasteiger partial charge in [-0.3, -0.25) is 4.99 Å². The standard InChI is InChI=1S/C16H29N/c1-10(2)13(7)14(8)16(12(5)6)17-15(9)11(3)4/h10-12H,7H2,1-6,8-9H3/b16-14+,17-15?. The molecule has 0 saturated heterocycles. The molecule has 98 valence electrons. The molecule has 17 heavy (non-hydrogen) atoms. The topological polar surface area (TPSA) is 12.4 Å². The maximum Gasteiger partial charge on any atom is 0.0460 e. The molecule has 0 aromatic carbocycles. The van der Waals surface area contributed by atoms with E-state index in [0.717, 1.165) is 0 Å². The van der Waals surface area contributed by atoms with Crippen LogP contribution in [0.15, 0.2) is 28.4 Å². The lowest BCUT2D eigenvalue weighted by Gasteiger charge is -2.17. The van der Waals surface area contributed by atoms with Crippen LogP contribution in [0.5, 0.6) is 0 Å². The van der Waals surface area contributed by atoms with E-state index < -0.39 is 0 Å². The molecule has 0 spiro atoms. The Bertz CT molecular complexity index is 327. The third-order valence-corrected chi connectivity index (χ3v) is 3.24. The first-order valence-electron chi connectivity index (χ1n) is 6.63. The van der Waals surface area contributed by atoms with Crippen LogP contribution in [0.1, 0.15) is 55.4 Å². The predicted octanol–water partition coefficient (Wildman–Crippen LogP) is 5.25. The molecule has 0 radical (unpaired) electrons. The lowest BCUT2D eigenvalue weighted by atomic mass is 9.93. The fourth-order valence-electron chi connectivity index (χ4n) is 1.56. The van der Waals surface area contributed by atoms with Crippen LogP contribution in [-0.4, -0.2) is 5.71 Å². The molecule has 0 aliphatic rings. The third kappa shape index (κ3) is 4.89. The summed E-state index contributed by atoms with van der Waals surface area (Å²) in [5.41, 5.74) is 4.85. The van der Waals surface area contributed by atoms with Crippen molar-refractivity contribution >= 4 is 5.71 Å². The van der Waals surface area contributed by atoms with Crippen LogP contribution in [0.3, 0.4) is 0 Å². The van der Waals surface area contributed by atoms with Crippen molar-refractivity contribution in [3.05, 3.63) is 23.4 Å². The van der Waals surface area contributed by atoms with Crippen molar-refractivity contribution in [3.63, 3.8) is 0 Å². The van der Waals surface area contributed by atoms with E-state index in [1.165, 1.54) is 22.6 Å². The summed E-state index contributed by atoms with van der Waals surface area (Å²) in [5, 5.41) is 0. The molecule has 1 nitrogen and oxygen atoms in total. The Balaban J connectivity index is 5.45. The first-order chi connectivity index (χ1) is 7.68. The highest BCUT2D eigenvalue weighted by molar-refractivity contribution is 5.84. The molecule has 0 unspecified atom stereocenters. The molecule has 0 fully saturated rings. The Morgan fingerprint density at radius 2 is 1.29 bits per heavy atom. The molecular weight excluding hydrogens is 206 g/mol. The zero-order valence-electron chi connectivity index (χ0n) is 12.9. The molecule has 0 aromatic rings. The summed E-state index contributed by atoms with van der Waals surface area (Å²) in [6.07, 6.45) is 0. The molecule has 0 atom stereocenters. The number of allylic oxidation sites excluding steroid dienone is 3. The number of hydrogen-bond donors (Lipinski definition) is 0. The fraction of sp³-hybridized carbons (Fsp3) is 0.688. The zero-order valence-corrected chi connectivity index (χ0v) is 12.9. The van der Waals surface area contributed by atoms with Gasteiger partial charge in [-0.1, -0.05) is 48.1 Å². The van der Waals surface area contributed by atoms with Crippen molar-refractivity contribution in [3.8, 4) is 0 Å². The first kappa shape index (κ1) is 16.1. The molecule has 0 saturated carbocycles. The maximum atomic E-state index is 4.81. The lowest BCUT2D eigenvalue weighted by molar-refractivity contribution is 0.719. The summed E-state index contributed by atoms with van der Waals surface area (Å²) in [4.78, 5) is 4.81. The average Bonchev–Trinajstić information content (AvgIpc) is 2.22. The van der Waals surface area contributed by atoms with E-state index in [1.807, 2.05) is 0 Å². The minimum absolute atomic E-state index is 0.444. The summed E-state index contributed by atoms with van der Waals surface area (Å²) in [6, 6.07) is 0. The first-order valence-corrected chi connectivity index (χ1v) is 6.63. The summed E-state index contributed by atoms with van der Waals surface area (Å²) < 4.78 is 0. The summed E-state index contributed by atoms with van der Waals surface area (Å²) in [7, 11) is 0. The number of hydrogen-bond acceptors (Lipinski definition) is 1. The lowest BCUT2D eigenvalue weighted by Crippen LogP contribution is -2.07. The van der Waals surface area contributed by atoms with E-state index in [0.29, 0.717) is 17.8 Å². The quantitative estimate of drug-likeness (QED) is 0.456. The summed E-state index contributed by atoms with van der Waals surface area (Å²) in [5.74, 6) is 1.43. The van der Waals surface area contributed by atoms with Gasteiger partial charge in [0.05, 0.1) is 0 Å². The Morgan fingerprint density at radius 3 is 1.59 bits per heavy atom. The predicted molar refractivity (Wildman–Crippen MR) is 79.5 cm³/mol. The SMILES string of the molecule is C=C(/C(C)=C(/N=C(C)C(C)C)C(C)C)C(C)C. The van der Waals surface area contributed by atoms with Crippen molar-refractivity contribution in [2.75, 3.05) is 0 Å². The number of aliphatic imine (C=N–C) groups is 1. The van der Waals surface area contributed by atoms with E-state index in [-0.39, 0.29) is 0 Å². The molecule has 0 aliphatic carbocycles. The summed E-state index contributed by atoms with van der Waals surface area (Å²) >= 11 is 0. The van der Waals surface area contributed by atoms with Crippen molar-refractivity contribution in [2.24, 2.45) is 22.7 Å². The van der Waals surface area contributed by atoms with Gasteiger partial charge < -0.3 is 0 Å². The van der Waals surface area contributed by atoms with Gasteiger partial charge in [-0.05, 0) is 42.7 Å². The van der Waals surface area contributed by atoms with Crippen LogP contribution in [0, 0.1) is 17.8 Å². The van der Waals surface area contributed by atoms with E-state index in [9.17, 15) is 0 Å². The second kappa shape index (κ2) is 6.78. The van der Waals surface area contributed by atoms with Gasteiger partial charge in [-0.15, -0.1) is 0 Å². The Morgan fingerprint density at radius 1 is 0.824 bits per heavy atom. The zero-order chi connectivity index (χ0) is 13.7. The number of nitrogens with zero attached hydrogens (tertiary/aromatic N) is 1. The van der Waals surface area contributed by atoms with Crippen molar-refractivity contribution < 1.29 is 0 Å². The Hall–Kier alpha value is -0.850. The van der Waals surface area contributed by atoms with Gasteiger partial charge in [0.1, 0.15) is 0 Å². The minimum atomic E-state index is 0.444. The van der Waals surface area contributed by atoms with E-state index in [4.69, 9.17) is 4.99 Å². The van der Waals surface area contributed by atoms with Crippen LogP contribution in [0.25, 0.3) is 0 Å². The molecule has 0 rings (SSSR count). The van der Waals surface area contributed by atoms with Crippen LogP contribution >= 0.6 is 0 Å². The van der Waals surface area contributed by atoms with Crippen LogP contribution in [0.2, 0.25) is 0 Å². The highest BCUT2D eigenvalue weighted by Crippen LogP contribution is 2.26. The Labute approximate surface area is 108 Å². The maximum absolute atomic E-state index is 4.81. The van der Waals surface area contributed by atoms with E-state index in [1.54, 1.807) is 0 Å². The smallest absolute Gasteiger partial charge is 0.0460 e. The minimum Gasteiger partial charge on any atom is -0.262 e. The molecule has 0 aromatic heterocycles. The molecule has 0 N–H and O–H groups in total. The molecule has 0 bridgehead atoms. The van der Waals surface area contributed by atoms with Crippen molar-refractivity contribution in [1.82, 2.24) is 0 Å². The van der Waals surface area contributed by atoms with E-state index in [2.05, 4.69) is 62.0 Å². The molecule has 0 heterocycles. The second-order valence-electron chi connectivity index (χ2n) is 5.75. The fourth-order valence-corrected chi connectivity index (χ4v) is 1.56. The van der Waals surface area contributed by atoms with Gasteiger partial charge in [0.2, 0.25) is 0 Å². The molecule has 0 amide bonds. The Kier molecular flexibility index (Phi) is 6.44. The van der Waals surface area contributed by atoms with Crippen LogP contribution in [-0.2, 0) is 0 Å². The van der Waals surface area contributed by atoms with Gasteiger partial charge in [0.25, 0.3) is 0 Å². The number of rotatable bonds is 5. The second-order valence-corrected chi connectivity index (χ2v) is 5.75. The normalized spacial score (nSPS) is 14.6. The van der Waals surface area contributed by atoms with E-state index >= 15 is 0 Å². The third-order valence-electron chi connectivity index (χ3n) is 3.24. The average molecular weight is 235 g/mol. The van der Waals surface area contributed by atoms with Gasteiger partial charge in [-0.2, -0.15) is 0 Å². The van der Waals surface area contributed by atoms with Crippen LogP contribution < -0.4 is 0 Å². The molecule has 1 heteroatoms. The van der Waals surface area contributed by atoms with Gasteiger partial charge >= 0.3 is 0 Å². The summed E-state index contributed by atoms with van der Waals surface area (Å²) in [6.45, 7) is 21.6. The molecule has 0 aliphatic heterocycles. The molecular formula is C16H29N. The largest absolute Gasteiger partial charge is 0.262 e. The van der Waals surface area contributed by atoms with Crippen LogP contribution in [0.4, 0.5) is 0 Å². The van der Waals surface area contributed by atoms with Crippen molar-refractivity contribution in [1.29, 1.82) is 0 Å². The monoisotopic (exact) mass is 235 g/mol. The highest BCUT2D eigenvalue weighted by Gasteiger charge is 2.12. The van der Waals surface area contributed by atoms with Gasteiger partial charge in [0, 0.05) is 11.4 Å². The highest BCUT2D eigenvalue weighted by atomic mass is 14.8. The van der Waals surface area contributed by atoms with Gasteiger partial charge in [0.15, 0.2) is 0 Å².